The van der Waals surface area contributed by atoms with Crippen LogP contribution in [0.15, 0.2) is 0 Å². The Labute approximate surface area is 133 Å². The van der Waals surface area contributed by atoms with Gasteiger partial charge in [0.25, 0.3) is 0 Å². The Morgan fingerprint density at radius 1 is 1.10 bits per heavy atom. The van der Waals surface area contributed by atoms with Crippen LogP contribution in [0.5, 0.6) is 0 Å². The molecule has 1 heterocycles. The lowest BCUT2D eigenvalue weighted by Crippen LogP contribution is -2.53. The molecule has 1 saturated heterocycles. The lowest BCUT2D eigenvalue weighted by atomic mass is 9.67. The van der Waals surface area contributed by atoms with E-state index in [2.05, 4.69) is 37.9 Å². The second-order valence-corrected chi connectivity index (χ2v) is 8.41. The molecule has 2 fully saturated rings. The molecule has 2 aliphatic rings. The fourth-order valence-electron chi connectivity index (χ4n) is 4.56. The highest BCUT2D eigenvalue weighted by atomic mass is 15.1. The lowest BCUT2D eigenvalue weighted by molar-refractivity contribution is 0.0794. The van der Waals surface area contributed by atoms with E-state index in [0.29, 0.717) is 11.5 Å². The first-order valence-corrected chi connectivity index (χ1v) is 9.48. The molecule has 0 bridgehead atoms. The maximum absolute atomic E-state index is 3.90. The third kappa shape index (κ3) is 4.96. The number of hydrogen-bond acceptors (Lipinski definition) is 2. The number of hydrogen-bond donors (Lipinski definition) is 1. The van der Waals surface area contributed by atoms with Crippen molar-refractivity contribution in [1.29, 1.82) is 0 Å². The zero-order chi connectivity index (χ0) is 15.3. The van der Waals surface area contributed by atoms with Gasteiger partial charge in [0.15, 0.2) is 0 Å². The van der Waals surface area contributed by atoms with Gasteiger partial charge in [0, 0.05) is 12.6 Å². The molecule has 1 aliphatic carbocycles. The quantitative estimate of drug-likeness (QED) is 0.813. The van der Waals surface area contributed by atoms with Gasteiger partial charge in [-0.1, -0.05) is 34.1 Å². The molecule has 3 atom stereocenters. The van der Waals surface area contributed by atoms with E-state index < -0.39 is 0 Å². The third-order valence-corrected chi connectivity index (χ3v) is 5.93. The number of nitrogens with zero attached hydrogens (tertiary/aromatic N) is 1. The summed E-state index contributed by atoms with van der Waals surface area (Å²) in [5.41, 5.74) is 0.469. The Morgan fingerprint density at radius 2 is 1.90 bits per heavy atom. The summed E-state index contributed by atoms with van der Waals surface area (Å²) < 4.78 is 0. The van der Waals surface area contributed by atoms with Crippen molar-refractivity contribution in [2.45, 2.75) is 78.7 Å². The van der Waals surface area contributed by atoms with E-state index in [1.807, 2.05) is 0 Å². The van der Waals surface area contributed by atoms with Crippen molar-refractivity contribution in [1.82, 2.24) is 10.2 Å². The molecular formula is C19H38N2. The molecule has 0 aromatic heterocycles. The molecule has 0 radical (unpaired) electrons. The molecule has 1 saturated carbocycles. The first-order chi connectivity index (χ1) is 10.0. The molecule has 3 unspecified atom stereocenters. The van der Waals surface area contributed by atoms with Gasteiger partial charge in [0.1, 0.15) is 0 Å². The number of rotatable bonds is 5. The van der Waals surface area contributed by atoms with Gasteiger partial charge in [-0.25, -0.2) is 0 Å². The molecule has 1 N–H and O–H groups in total. The monoisotopic (exact) mass is 294 g/mol. The van der Waals surface area contributed by atoms with Crippen LogP contribution in [-0.2, 0) is 0 Å². The largest absolute Gasteiger partial charge is 0.313 e. The molecule has 2 rings (SSSR count). The molecule has 124 valence electrons. The maximum Gasteiger partial charge on any atom is 0.0159 e. The average molecular weight is 295 g/mol. The highest BCUT2D eigenvalue weighted by Crippen LogP contribution is 2.39. The minimum atomic E-state index is 0.469. The van der Waals surface area contributed by atoms with Crippen LogP contribution < -0.4 is 5.32 Å². The Hall–Kier alpha value is -0.0800. The first kappa shape index (κ1) is 17.3. The van der Waals surface area contributed by atoms with Crippen molar-refractivity contribution >= 4 is 0 Å². The zero-order valence-corrected chi connectivity index (χ0v) is 15.0. The highest BCUT2D eigenvalue weighted by Gasteiger charge is 2.39. The van der Waals surface area contributed by atoms with Gasteiger partial charge >= 0.3 is 0 Å². The van der Waals surface area contributed by atoms with Crippen molar-refractivity contribution in [3.63, 3.8) is 0 Å². The van der Waals surface area contributed by atoms with Gasteiger partial charge < -0.3 is 10.2 Å². The topological polar surface area (TPSA) is 15.3 Å². The summed E-state index contributed by atoms with van der Waals surface area (Å²) in [4.78, 5) is 2.77. The summed E-state index contributed by atoms with van der Waals surface area (Å²) in [5, 5.41) is 3.90. The Kier molecular flexibility index (Phi) is 6.55. The summed E-state index contributed by atoms with van der Waals surface area (Å²) >= 11 is 0. The molecular weight excluding hydrogens is 256 g/mol. The standard InChI is InChI=1S/C19H38N2/c1-5-12-20-18-17(9-6-11-19(18,3)4)15-21-13-7-8-16(2)10-14-21/h16-18,20H,5-15H2,1-4H3. The summed E-state index contributed by atoms with van der Waals surface area (Å²) in [5.74, 6) is 1.79. The van der Waals surface area contributed by atoms with Crippen LogP contribution in [0.25, 0.3) is 0 Å². The van der Waals surface area contributed by atoms with Crippen molar-refractivity contribution in [2.24, 2.45) is 17.3 Å². The van der Waals surface area contributed by atoms with E-state index in [9.17, 15) is 0 Å². The van der Waals surface area contributed by atoms with Crippen molar-refractivity contribution < 1.29 is 0 Å². The molecule has 2 nitrogen and oxygen atoms in total. The summed E-state index contributed by atoms with van der Waals surface area (Å²) in [6.45, 7) is 14.9. The van der Waals surface area contributed by atoms with Gasteiger partial charge in [0.05, 0.1) is 0 Å². The van der Waals surface area contributed by atoms with Crippen LogP contribution in [0.3, 0.4) is 0 Å². The van der Waals surface area contributed by atoms with Crippen LogP contribution in [0.1, 0.15) is 72.6 Å². The molecule has 0 aromatic carbocycles. The maximum atomic E-state index is 3.90. The smallest absolute Gasteiger partial charge is 0.0159 e. The molecule has 0 spiro atoms. The van der Waals surface area contributed by atoms with E-state index in [4.69, 9.17) is 0 Å². The highest BCUT2D eigenvalue weighted by molar-refractivity contribution is 4.94. The van der Waals surface area contributed by atoms with E-state index in [-0.39, 0.29) is 0 Å². The predicted octanol–water partition coefficient (Wildman–Crippen LogP) is 4.30. The molecule has 2 heteroatoms. The number of nitrogens with one attached hydrogen (secondary N) is 1. The van der Waals surface area contributed by atoms with Crippen molar-refractivity contribution in [3.05, 3.63) is 0 Å². The van der Waals surface area contributed by atoms with E-state index >= 15 is 0 Å². The SMILES string of the molecule is CCCNC1C(CN2CCCC(C)CC2)CCCC1(C)C. The second kappa shape index (κ2) is 7.97. The Bertz CT molecular complexity index is 300. The molecule has 0 amide bonds. The second-order valence-electron chi connectivity index (χ2n) is 8.41. The van der Waals surface area contributed by atoms with Crippen molar-refractivity contribution in [2.75, 3.05) is 26.2 Å². The van der Waals surface area contributed by atoms with Gasteiger partial charge in [-0.05, 0) is 75.4 Å². The Balaban J connectivity index is 1.94. The Morgan fingerprint density at radius 3 is 2.67 bits per heavy atom. The van der Waals surface area contributed by atoms with Gasteiger partial charge in [0.2, 0.25) is 0 Å². The predicted molar refractivity (Wildman–Crippen MR) is 92.7 cm³/mol. The fraction of sp³-hybridized carbons (Fsp3) is 1.00. The van der Waals surface area contributed by atoms with E-state index in [1.165, 1.54) is 71.1 Å². The first-order valence-electron chi connectivity index (χ1n) is 9.48. The van der Waals surface area contributed by atoms with Crippen molar-refractivity contribution in [3.8, 4) is 0 Å². The van der Waals surface area contributed by atoms with Gasteiger partial charge in [-0.2, -0.15) is 0 Å². The van der Waals surface area contributed by atoms with Gasteiger partial charge in [-0.3, -0.25) is 0 Å². The molecule has 21 heavy (non-hydrogen) atoms. The fourth-order valence-corrected chi connectivity index (χ4v) is 4.56. The van der Waals surface area contributed by atoms with Crippen LogP contribution in [0, 0.1) is 17.3 Å². The van der Waals surface area contributed by atoms with Gasteiger partial charge in [-0.15, -0.1) is 0 Å². The summed E-state index contributed by atoms with van der Waals surface area (Å²) in [6.07, 6.45) is 9.74. The van der Waals surface area contributed by atoms with Crippen LogP contribution in [0.2, 0.25) is 0 Å². The van der Waals surface area contributed by atoms with E-state index in [1.54, 1.807) is 0 Å². The normalized spacial score (nSPS) is 34.6. The van der Waals surface area contributed by atoms with Crippen LogP contribution in [-0.4, -0.2) is 37.1 Å². The van der Waals surface area contributed by atoms with Crippen LogP contribution in [0.4, 0.5) is 0 Å². The zero-order valence-electron chi connectivity index (χ0n) is 15.0. The molecule has 0 aromatic rings. The van der Waals surface area contributed by atoms with Crippen LogP contribution >= 0.6 is 0 Å². The minimum Gasteiger partial charge on any atom is -0.313 e. The third-order valence-electron chi connectivity index (χ3n) is 5.93. The van der Waals surface area contributed by atoms with E-state index in [0.717, 1.165) is 11.8 Å². The average Bonchev–Trinajstić information content (AvgIpc) is 2.62. The molecule has 1 aliphatic heterocycles. The summed E-state index contributed by atoms with van der Waals surface area (Å²) in [6, 6.07) is 0.715. The number of likely N-dealkylation sites (tertiary alicyclic amines) is 1. The lowest BCUT2D eigenvalue weighted by Gasteiger charge is -2.46. The summed E-state index contributed by atoms with van der Waals surface area (Å²) in [7, 11) is 0. The minimum absolute atomic E-state index is 0.469.